The third-order valence-electron chi connectivity index (χ3n) is 2.78. The SMILES string of the molecule is Cc1cc(Br)c(NC(=O)c2cc(Br)ccc2F)cc1N. The normalized spacial score (nSPS) is 10.4. The van der Waals surface area contributed by atoms with Crippen LogP contribution >= 0.6 is 31.9 Å². The van der Waals surface area contributed by atoms with Crippen LogP contribution in [0.5, 0.6) is 0 Å². The Labute approximate surface area is 132 Å². The molecule has 2 rings (SSSR count). The summed E-state index contributed by atoms with van der Waals surface area (Å²) in [6.07, 6.45) is 0. The van der Waals surface area contributed by atoms with Gasteiger partial charge in [-0.15, -0.1) is 0 Å². The van der Waals surface area contributed by atoms with Crippen LogP contribution in [-0.2, 0) is 0 Å². The topological polar surface area (TPSA) is 55.1 Å². The van der Waals surface area contributed by atoms with Gasteiger partial charge in [0.2, 0.25) is 0 Å². The minimum atomic E-state index is -0.582. The number of halogens is 3. The number of aryl methyl sites for hydroxylation is 1. The van der Waals surface area contributed by atoms with Crippen molar-refractivity contribution < 1.29 is 9.18 Å². The molecule has 3 nitrogen and oxygen atoms in total. The largest absolute Gasteiger partial charge is 0.398 e. The molecule has 0 bridgehead atoms. The molecule has 20 heavy (non-hydrogen) atoms. The standard InChI is InChI=1S/C14H11Br2FN2O/c1-7-4-10(16)13(6-12(7)18)19-14(20)9-5-8(15)2-3-11(9)17/h2-6H,18H2,1H3,(H,19,20). The van der Waals surface area contributed by atoms with Crippen molar-refractivity contribution in [2.45, 2.75) is 6.92 Å². The Balaban J connectivity index is 2.32. The number of anilines is 2. The monoisotopic (exact) mass is 400 g/mol. The fraction of sp³-hybridized carbons (Fsp3) is 0.0714. The van der Waals surface area contributed by atoms with E-state index in [-0.39, 0.29) is 5.56 Å². The van der Waals surface area contributed by atoms with Crippen molar-refractivity contribution in [1.29, 1.82) is 0 Å². The number of benzene rings is 2. The number of rotatable bonds is 2. The van der Waals surface area contributed by atoms with Crippen molar-refractivity contribution in [2.24, 2.45) is 0 Å². The molecule has 0 saturated heterocycles. The average molecular weight is 402 g/mol. The molecular weight excluding hydrogens is 391 g/mol. The molecule has 0 aliphatic rings. The van der Waals surface area contributed by atoms with E-state index in [1.165, 1.54) is 18.2 Å². The second-order valence-corrected chi connectivity index (χ2v) is 6.04. The van der Waals surface area contributed by atoms with E-state index in [1.54, 1.807) is 12.1 Å². The first-order chi connectivity index (χ1) is 9.38. The van der Waals surface area contributed by atoms with Gasteiger partial charge in [-0.05, 0) is 58.7 Å². The zero-order valence-corrected chi connectivity index (χ0v) is 13.7. The minimum absolute atomic E-state index is 0.0366. The van der Waals surface area contributed by atoms with Gasteiger partial charge < -0.3 is 11.1 Å². The number of carbonyl (C=O) groups excluding carboxylic acids is 1. The summed E-state index contributed by atoms with van der Waals surface area (Å²) < 4.78 is 15.0. The lowest BCUT2D eigenvalue weighted by Gasteiger charge is -2.11. The van der Waals surface area contributed by atoms with Gasteiger partial charge in [-0.2, -0.15) is 0 Å². The smallest absolute Gasteiger partial charge is 0.258 e. The molecule has 0 radical (unpaired) electrons. The molecule has 0 fully saturated rings. The highest BCUT2D eigenvalue weighted by Gasteiger charge is 2.14. The van der Waals surface area contributed by atoms with Crippen molar-refractivity contribution in [3.8, 4) is 0 Å². The third kappa shape index (κ3) is 3.19. The number of hydrogen-bond acceptors (Lipinski definition) is 2. The van der Waals surface area contributed by atoms with E-state index in [4.69, 9.17) is 5.73 Å². The highest BCUT2D eigenvalue weighted by molar-refractivity contribution is 9.10. The molecule has 0 heterocycles. The first-order valence-corrected chi connectivity index (χ1v) is 7.29. The number of nitrogens with one attached hydrogen (secondary N) is 1. The third-order valence-corrected chi connectivity index (χ3v) is 3.93. The van der Waals surface area contributed by atoms with Crippen molar-refractivity contribution in [2.75, 3.05) is 11.1 Å². The van der Waals surface area contributed by atoms with Gasteiger partial charge in [-0.1, -0.05) is 15.9 Å². The molecule has 0 unspecified atom stereocenters. The average Bonchev–Trinajstić information content (AvgIpc) is 2.38. The second-order valence-electron chi connectivity index (χ2n) is 4.27. The molecule has 104 valence electrons. The Hall–Kier alpha value is -1.40. The summed E-state index contributed by atoms with van der Waals surface area (Å²) in [5.74, 6) is -1.12. The van der Waals surface area contributed by atoms with Crippen LogP contribution in [-0.4, -0.2) is 5.91 Å². The molecule has 6 heteroatoms. The number of hydrogen-bond donors (Lipinski definition) is 2. The van der Waals surface area contributed by atoms with Crippen LogP contribution < -0.4 is 11.1 Å². The molecular formula is C14H11Br2FN2O. The number of carbonyl (C=O) groups is 1. The maximum atomic E-state index is 13.6. The van der Waals surface area contributed by atoms with Gasteiger partial charge in [0.25, 0.3) is 5.91 Å². The van der Waals surface area contributed by atoms with Crippen molar-refractivity contribution >= 4 is 49.1 Å². The molecule has 0 spiro atoms. The Morgan fingerprint density at radius 1 is 1.25 bits per heavy atom. The van der Waals surface area contributed by atoms with Gasteiger partial charge in [0.15, 0.2) is 0 Å². The number of nitrogen functional groups attached to an aromatic ring is 1. The summed E-state index contributed by atoms with van der Waals surface area (Å²) in [6.45, 7) is 1.86. The lowest BCUT2D eigenvalue weighted by atomic mass is 10.1. The Morgan fingerprint density at radius 2 is 1.95 bits per heavy atom. The first kappa shape index (κ1) is 15.0. The predicted octanol–water partition coefficient (Wildman–Crippen LogP) is 4.49. The lowest BCUT2D eigenvalue weighted by Crippen LogP contribution is -2.14. The van der Waals surface area contributed by atoms with Gasteiger partial charge in [0.05, 0.1) is 11.3 Å². The van der Waals surface area contributed by atoms with Gasteiger partial charge >= 0.3 is 0 Å². The van der Waals surface area contributed by atoms with E-state index in [1.807, 2.05) is 6.92 Å². The summed E-state index contributed by atoms with van der Waals surface area (Å²) in [4.78, 5) is 12.1. The van der Waals surface area contributed by atoms with Crippen LogP contribution in [0.25, 0.3) is 0 Å². The fourth-order valence-corrected chi connectivity index (χ4v) is 2.56. The van der Waals surface area contributed by atoms with Gasteiger partial charge in [0.1, 0.15) is 5.82 Å². The summed E-state index contributed by atoms with van der Waals surface area (Å²) in [5, 5.41) is 2.64. The summed E-state index contributed by atoms with van der Waals surface area (Å²) in [5.41, 5.74) is 7.71. The highest BCUT2D eigenvalue weighted by Crippen LogP contribution is 2.28. The van der Waals surface area contributed by atoms with Crippen molar-refractivity contribution in [3.63, 3.8) is 0 Å². The number of amides is 1. The van der Waals surface area contributed by atoms with E-state index in [9.17, 15) is 9.18 Å². The minimum Gasteiger partial charge on any atom is -0.398 e. The lowest BCUT2D eigenvalue weighted by molar-refractivity contribution is 0.102. The van der Waals surface area contributed by atoms with E-state index in [0.29, 0.717) is 20.3 Å². The maximum Gasteiger partial charge on any atom is 0.258 e. The fourth-order valence-electron chi connectivity index (χ4n) is 1.65. The Kier molecular flexibility index (Phi) is 4.45. The molecule has 0 aliphatic heterocycles. The quantitative estimate of drug-likeness (QED) is 0.728. The Bertz CT molecular complexity index is 689. The van der Waals surface area contributed by atoms with Crippen LogP contribution in [0, 0.1) is 12.7 Å². The van der Waals surface area contributed by atoms with Crippen molar-refractivity contribution in [3.05, 3.63) is 56.2 Å². The first-order valence-electron chi connectivity index (χ1n) is 5.70. The summed E-state index contributed by atoms with van der Waals surface area (Å²) in [7, 11) is 0. The van der Waals surface area contributed by atoms with Gasteiger partial charge in [-0.3, -0.25) is 4.79 Å². The van der Waals surface area contributed by atoms with E-state index in [0.717, 1.165) is 5.56 Å². The predicted molar refractivity (Wildman–Crippen MR) is 85.3 cm³/mol. The molecule has 1 amide bonds. The summed E-state index contributed by atoms with van der Waals surface area (Å²) in [6, 6.07) is 7.62. The number of nitrogens with two attached hydrogens (primary N) is 1. The molecule has 2 aromatic rings. The van der Waals surface area contributed by atoms with Crippen LogP contribution in [0.4, 0.5) is 15.8 Å². The molecule has 0 saturated carbocycles. The van der Waals surface area contributed by atoms with Crippen LogP contribution in [0.3, 0.4) is 0 Å². The zero-order valence-electron chi connectivity index (χ0n) is 10.5. The van der Waals surface area contributed by atoms with Crippen molar-refractivity contribution in [1.82, 2.24) is 0 Å². The Morgan fingerprint density at radius 3 is 2.65 bits per heavy atom. The zero-order chi connectivity index (χ0) is 14.9. The second kappa shape index (κ2) is 5.93. The van der Waals surface area contributed by atoms with Gasteiger partial charge in [-0.25, -0.2) is 4.39 Å². The molecule has 3 N–H and O–H groups in total. The highest BCUT2D eigenvalue weighted by atomic mass is 79.9. The molecule has 0 aliphatic carbocycles. The van der Waals surface area contributed by atoms with Crippen LogP contribution in [0.1, 0.15) is 15.9 Å². The molecule has 0 aromatic heterocycles. The van der Waals surface area contributed by atoms with Crippen LogP contribution in [0.15, 0.2) is 39.3 Å². The molecule has 2 aromatic carbocycles. The van der Waals surface area contributed by atoms with E-state index < -0.39 is 11.7 Å². The van der Waals surface area contributed by atoms with Gasteiger partial charge in [0, 0.05) is 14.6 Å². The maximum absolute atomic E-state index is 13.6. The van der Waals surface area contributed by atoms with E-state index >= 15 is 0 Å². The molecule has 0 atom stereocenters. The van der Waals surface area contributed by atoms with Crippen LogP contribution in [0.2, 0.25) is 0 Å². The van der Waals surface area contributed by atoms with E-state index in [2.05, 4.69) is 37.2 Å². The summed E-state index contributed by atoms with van der Waals surface area (Å²) >= 11 is 6.55.